The van der Waals surface area contributed by atoms with Crippen LogP contribution in [0.15, 0.2) is 34.9 Å². The molecule has 8 heteroatoms. The molecule has 0 saturated heterocycles. The molecular weight excluding hydrogens is 284 g/mol. The number of aromatic nitrogens is 2. The second kappa shape index (κ2) is 4.69. The fraction of sp³-hybridized carbons (Fsp3) is 0.111. The second-order valence-corrected chi connectivity index (χ2v) is 7.58. The van der Waals surface area contributed by atoms with E-state index in [1.165, 1.54) is 4.68 Å². The van der Waals surface area contributed by atoms with Crippen molar-refractivity contribution in [2.75, 3.05) is 0 Å². The van der Waals surface area contributed by atoms with E-state index < -0.39 is 6.00 Å². The van der Waals surface area contributed by atoms with Gasteiger partial charge in [0.1, 0.15) is 5.88 Å². The molecule has 5 nitrogen and oxygen atoms in total. The molecule has 0 amide bonds. The minimum atomic E-state index is -3.57. The maximum Gasteiger partial charge on any atom is 0.241 e. The van der Waals surface area contributed by atoms with Crippen LogP contribution in [0.3, 0.4) is 0 Å². The van der Waals surface area contributed by atoms with Crippen LogP contribution in [0.2, 0.25) is 0 Å². The highest BCUT2D eigenvalue weighted by Crippen LogP contribution is 2.65. The highest BCUT2D eigenvalue weighted by Gasteiger charge is 2.19. The third kappa shape index (κ3) is 3.00. The topological polar surface area (TPSA) is 61.1 Å². The van der Waals surface area contributed by atoms with Gasteiger partial charge < -0.3 is 14.2 Å². The van der Waals surface area contributed by atoms with Crippen LogP contribution < -0.4 is 4.68 Å². The second-order valence-electron chi connectivity index (χ2n) is 3.25. The Balaban J connectivity index is 2.37. The minimum absolute atomic E-state index is 0.0576. The van der Waals surface area contributed by atoms with Crippen molar-refractivity contribution in [3.8, 4) is 5.69 Å². The van der Waals surface area contributed by atoms with Crippen molar-refractivity contribution in [2.45, 2.75) is 6.92 Å². The maximum absolute atomic E-state index is 11.1. The lowest BCUT2D eigenvalue weighted by molar-refractivity contribution is -0.675. The standard InChI is InChI=1S/C9H8Cl2N3O2P/c1-7-9(12-17(10,11)15)16-13-14(7)8-5-3-2-4-6-8/h2-6H,1H3. The van der Waals surface area contributed by atoms with E-state index in [9.17, 15) is 4.57 Å². The fourth-order valence-corrected chi connectivity index (χ4v) is 2.11. The number of hydrogen-bond acceptors (Lipinski definition) is 3. The van der Waals surface area contributed by atoms with Crippen LogP contribution in [-0.2, 0) is 4.57 Å². The van der Waals surface area contributed by atoms with Gasteiger partial charge in [0, 0.05) is 19.1 Å². The molecular formula is C9H8Cl2N3O2P. The molecule has 2 aromatic rings. The summed E-state index contributed by atoms with van der Waals surface area (Å²) in [4.78, 5) is 0. The Morgan fingerprint density at radius 2 is 2.00 bits per heavy atom. The van der Waals surface area contributed by atoms with Gasteiger partial charge in [-0.2, -0.15) is 0 Å². The van der Waals surface area contributed by atoms with Gasteiger partial charge in [-0.05, 0) is 4.68 Å². The Morgan fingerprint density at radius 1 is 1.35 bits per heavy atom. The molecule has 0 spiro atoms. The smallest absolute Gasteiger partial charge is 0.241 e. The van der Waals surface area contributed by atoms with Crippen molar-refractivity contribution >= 4 is 34.4 Å². The Labute approximate surface area is 107 Å². The zero-order valence-corrected chi connectivity index (χ0v) is 11.2. The van der Waals surface area contributed by atoms with Gasteiger partial charge in [-0.15, -0.1) is 0 Å². The third-order valence-corrected chi connectivity index (χ3v) is 2.91. The zero-order valence-electron chi connectivity index (χ0n) is 8.75. The van der Waals surface area contributed by atoms with Gasteiger partial charge in [-0.25, -0.2) is 0 Å². The summed E-state index contributed by atoms with van der Waals surface area (Å²) in [6.45, 7) is 1.71. The SMILES string of the molecule is Cc1c([N-]P(=O)(Cl)Cl)on[n+]1-c1ccccc1. The molecule has 0 unspecified atom stereocenters. The molecule has 0 fully saturated rings. The minimum Gasteiger partial charge on any atom is -0.565 e. The molecule has 17 heavy (non-hydrogen) atoms. The molecule has 0 aliphatic carbocycles. The van der Waals surface area contributed by atoms with Crippen molar-refractivity contribution in [3.63, 3.8) is 0 Å². The lowest BCUT2D eigenvalue weighted by atomic mass is 10.3. The van der Waals surface area contributed by atoms with Crippen molar-refractivity contribution in [1.29, 1.82) is 0 Å². The van der Waals surface area contributed by atoms with Crippen LogP contribution in [0.4, 0.5) is 5.88 Å². The van der Waals surface area contributed by atoms with E-state index in [4.69, 9.17) is 27.0 Å². The first-order valence-electron chi connectivity index (χ1n) is 4.64. The molecule has 0 N–H and O–H groups in total. The number of para-hydroxylation sites is 1. The maximum atomic E-state index is 11.1. The zero-order chi connectivity index (χ0) is 12.5. The molecule has 1 heterocycles. The number of hydrogen-bond donors (Lipinski definition) is 0. The largest absolute Gasteiger partial charge is 0.565 e. The van der Waals surface area contributed by atoms with Gasteiger partial charge in [-0.1, -0.05) is 40.7 Å². The highest BCUT2D eigenvalue weighted by atomic mass is 35.9. The monoisotopic (exact) mass is 291 g/mol. The summed E-state index contributed by atoms with van der Waals surface area (Å²) in [5.41, 5.74) is 1.37. The fourth-order valence-electron chi connectivity index (χ4n) is 1.30. The third-order valence-electron chi connectivity index (χ3n) is 2.04. The van der Waals surface area contributed by atoms with Gasteiger partial charge in [0.25, 0.3) is 0 Å². The van der Waals surface area contributed by atoms with Crippen molar-refractivity contribution in [1.82, 2.24) is 5.27 Å². The van der Waals surface area contributed by atoms with E-state index in [1.807, 2.05) is 30.3 Å². The first-order valence-corrected chi connectivity index (χ1v) is 8.11. The molecule has 1 aromatic carbocycles. The Morgan fingerprint density at radius 3 is 2.59 bits per heavy atom. The molecule has 0 aliphatic rings. The number of benzene rings is 1. The van der Waals surface area contributed by atoms with Crippen LogP contribution in [0, 0.1) is 6.92 Å². The lowest BCUT2D eigenvalue weighted by Crippen LogP contribution is -2.34. The van der Waals surface area contributed by atoms with E-state index >= 15 is 0 Å². The van der Waals surface area contributed by atoms with Crippen molar-refractivity contribution < 1.29 is 13.8 Å². The predicted molar refractivity (Wildman–Crippen MR) is 65.1 cm³/mol. The molecule has 0 aliphatic heterocycles. The van der Waals surface area contributed by atoms with E-state index in [2.05, 4.69) is 10.4 Å². The lowest BCUT2D eigenvalue weighted by Gasteiger charge is -2.15. The molecule has 90 valence electrons. The normalized spacial score (nSPS) is 11.5. The summed E-state index contributed by atoms with van der Waals surface area (Å²) >= 11 is 10.7. The summed E-state index contributed by atoms with van der Waals surface area (Å²) in [5, 5.41) is 7.35. The molecule has 0 radical (unpaired) electrons. The van der Waals surface area contributed by atoms with E-state index in [-0.39, 0.29) is 5.88 Å². The summed E-state index contributed by atoms with van der Waals surface area (Å²) < 4.78 is 17.6. The Kier molecular flexibility index (Phi) is 3.43. The molecule has 0 bridgehead atoms. The highest BCUT2D eigenvalue weighted by molar-refractivity contribution is 8.10. The van der Waals surface area contributed by atoms with Crippen LogP contribution >= 0.6 is 28.5 Å². The predicted octanol–water partition coefficient (Wildman–Crippen LogP) is 3.85. The van der Waals surface area contributed by atoms with Crippen molar-refractivity contribution in [2.24, 2.45) is 0 Å². The average Bonchev–Trinajstić information content (AvgIpc) is 2.60. The molecule has 2 rings (SSSR count). The molecule has 0 saturated carbocycles. The van der Waals surface area contributed by atoms with Crippen LogP contribution in [0.5, 0.6) is 0 Å². The number of halogens is 2. The van der Waals surface area contributed by atoms with Gasteiger partial charge in [0.15, 0.2) is 6.00 Å². The Bertz CT molecular complexity index is 567. The molecule has 1 aromatic heterocycles. The van der Waals surface area contributed by atoms with Gasteiger partial charge in [-0.3, -0.25) is 0 Å². The van der Waals surface area contributed by atoms with Gasteiger partial charge in [0.2, 0.25) is 16.7 Å². The van der Waals surface area contributed by atoms with Gasteiger partial charge in [0.05, 0.1) is 0 Å². The Hall–Kier alpha value is -1.03. The molecule has 0 atom stereocenters. The summed E-state index contributed by atoms with van der Waals surface area (Å²) in [6.07, 6.45) is 0. The van der Waals surface area contributed by atoms with E-state index in [0.29, 0.717) is 5.69 Å². The average molecular weight is 292 g/mol. The van der Waals surface area contributed by atoms with Crippen LogP contribution in [-0.4, -0.2) is 5.27 Å². The van der Waals surface area contributed by atoms with E-state index in [1.54, 1.807) is 6.92 Å². The quantitative estimate of drug-likeness (QED) is 0.637. The first kappa shape index (κ1) is 12.4. The summed E-state index contributed by atoms with van der Waals surface area (Å²) in [6, 6.07) is 9.31. The summed E-state index contributed by atoms with van der Waals surface area (Å²) in [7, 11) is 0. The number of rotatable bonds is 3. The van der Waals surface area contributed by atoms with Crippen LogP contribution in [0.25, 0.3) is 10.8 Å². The van der Waals surface area contributed by atoms with Crippen molar-refractivity contribution in [3.05, 3.63) is 41.1 Å². The van der Waals surface area contributed by atoms with E-state index in [0.717, 1.165) is 5.69 Å². The van der Waals surface area contributed by atoms with Gasteiger partial charge >= 0.3 is 0 Å². The van der Waals surface area contributed by atoms with Crippen LogP contribution in [0.1, 0.15) is 5.69 Å². The first-order chi connectivity index (χ1) is 7.97. The summed E-state index contributed by atoms with van der Waals surface area (Å²) in [5.74, 6) is -3.51. The number of nitrogens with zero attached hydrogens (tertiary/aromatic N) is 3.